The Morgan fingerprint density at radius 3 is 2.76 bits per heavy atom. The van der Waals surface area contributed by atoms with Crippen LogP contribution in [0, 0.1) is 11.8 Å². The molecule has 2 amide bonds. The summed E-state index contributed by atoms with van der Waals surface area (Å²) in [5, 5.41) is 13.1. The van der Waals surface area contributed by atoms with Crippen molar-refractivity contribution in [2.45, 2.75) is 44.4 Å². The minimum Gasteiger partial charge on any atom is -0.391 e. The fraction of sp³-hybridized carbons (Fsp3) is 0.650. The Labute approximate surface area is 150 Å². The van der Waals surface area contributed by atoms with Crippen LogP contribution in [0.15, 0.2) is 30.3 Å². The summed E-state index contributed by atoms with van der Waals surface area (Å²) in [5.41, 5.74) is 1.37. The van der Waals surface area contributed by atoms with Gasteiger partial charge in [-0.25, -0.2) is 4.79 Å². The Morgan fingerprint density at radius 1 is 1.12 bits per heavy atom. The van der Waals surface area contributed by atoms with Crippen LogP contribution in [0.2, 0.25) is 0 Å². The van der Waals surface area contributed by atoms with Gasteiger partial charge in [-0.2, -0.15) is 0 Å². The summed E-state index contributed by atoms with van der Waals surface area (Å²) >= 11 is 0. The van der Waals surface area contributed by atoms with E-state index in [1.807, 2.05) is 0 Å². The zero-order chi connectivity index (χ0) is 17.2. The third-order valence-electron chi connectivity index (χ3n) is 6.17. The van der Waals surface area contributed by atoms with E-state index in [4.69, 9.17) is 0 Å². The number of carbonyl (C=O) groups excluding carboxylic acids is 1. The number of benzene rings is 1. The summed E-state index contributed by atoms with van der Waals surface area (Å²) in [7, 11) is 0. The summed E-state index contributed by atoms with van der Waals surface area (Å²) in [5.74, 6) is 1.28. The van der Waals surface area contributed by atoms with Crippen LogP contribution in [0.3, 0.4) is 0 Å². The van der Waals surface area contributed by atoms with Crippen LogP contribution in [0.1, 0.15) is 31.2 Å². The number of amides is 2. The number of aliphatic hydroxyl groups excluding tert-OH is 1. The molecule has 2 saturated heterocycles. The number of likely N-dealkylation sites (tertiary alicyclic amines) is 2. The van der Waals surface area contributed by atoms with E-state index in [0.29, 0.717) is 18.4 Å². The molecule has 0 unspecified atom stereocenters. The zero-order valence-electron chi connectivity index (χ0n) is 14.8. The van der Waals surface area contributed by atoms with E-state index >= 15 is 0 Å². The third kappa shape index (κ3) is 3.82. The molecular weight excluding hydrogens is 314 g/mol. The fourth-order valence-corrected chi connectivity index (χ4v) is 4.90. The van der Waals surface area contributed by atoms with E-state index in [-0.39, 0.29) is 18.2 Å². The topological polar surface area (TPSA) is 55.8 Å². The number of hydrogen-bond acceptors (Lipinski definition) is 3. The predicted octanol–water partition coefficient (Wildman–Crippen LogP) is 2.06. The minimum absolute atomic E-state index is 0.0194. The van der Waals surface area contributed by atoms with Crippen LogP contribution >= 0.6 is 0 Å². The summed E-state index contributed by atoms with van der Waals surface area (Å²) in [4.78, 5) is 16.9. The fourth-order valence-electron chi connectivity index (χ4n) is 4.90. The number of hydrogen-bond donors (Lipinski definition) is 2. The number of piperidine rings is 1. The zero-order valence-corrected chi connectivity index (χ0v) is 14.8. The largest absolute Gasteiger partial charge is 0.391 e. The Kier molecular flexibility index (Phi) is 4.95. The minimum atomic E-state index is -0.358. The van der Waals surface area contributed by atoms with E-state index in [9.17, 15) is 9.90 Å². The molecule has 0 bridgehead atoms. The molecule has 25 heavy (non-hydrogen) atoms. The molecule has 1 aromatic rings. The van der Waals surface area contributed by atoms with Crippen molar-refractivity contribution in [1.29, 1.82) is 0 Å². The molecule has 4 rings (SSSR count). The Morgan fingerprint density at radius 2 is 1.96 bits per heavy atom. The number of nitrogens with one attached hydrogen (secondary N) is 1. The van der Waals surface area contributed by atoms with Crippen molar-refractivity contribution in [3.05, 3.63) is 35.9 Å². The molecule has 0 spiro atoms. The van der Waals surface area contributed by atoms with E-state index in [1.165, 1.54) is 12.0 Å². The van der Waals surface area contributed by atoms with Gasteiger partial charge < -0.3 is 15.3 Å². The van der Waals surface area contributed by atoms with Crippen molar-refractivity contribution < 1.29 is 9.90 Å². The number of aliphatic hydroxyl groups is 1. The van der Waals surface area contributed by atoms with Crippen molar-refractivity contribution in [3.63, 3.8) is 0 Å². The van der Waals surface area contributed by atoms with Crippen molar-refractivity contribution >= 4 is 6.03 Å². The molecule has 1 aliphatic carbocycles. The first-order chi connectivity index (χ1) is 12.2. The van der Waals surface area contributed by atoms with Gasteiger partial charge in [-0.3, -0.25) is 4.90 Å². The van der Waals surface area contributed by atoms with Gasteiger partial charge in [0.2, 0.25) is 0 Å². The average molecular weight is 343 g/mol. The van der Waals surface area contributed by atoms with Crippen LogP contribution in [0.5, 0.6) is 0 Å². The third-order valence-corrected chi connectivity index (χ3v) is 6.17. The highest BCUT2D eigenvalue weighted by molar-refractivity contribution is 5.74. The Hall–Kier alpha value is -1.59. The van der Waals surface area contributed by atoms with Crippen LogP contribution < -0.4 is 5.32 Å². The molecule has 1 aromatic carbocycles. The SMILES string of the molecule is O=C(N[C@@H]1CC[C@@H]2CN(Cc3ccccc3)C[C@H]21)N1CCC[C@H](O)C1. The highest BCUT2D eigenvalue weighted by atomic mass is 16.3. The summed E-state index contributed by atoms with van der Waals surface area (Å²) in [6, 6.07) is 10.9. The first-order valence-electron chi connectivity index (χ1n) is 9.69. The van der Waals surface area contributed by atoms with Crippen molar-refractivity contribution in [2.24, 2.45) is 11.8 Å². The lowest BCUT2D eigenvalue weighted by Gasteiger charge is -2.32. The highest BCUT2D eigenvalue weighted by Gasteiger charge is 2.43. The quantitative estimate of drug-likeness (QED) is 0.883. The average Bonchev–Trinajstić information content (AvgIpc) is 3.17. The van der Waals surface area contributed by atoms with Gasteiger partial charge in [0.1, 0.15) is 0 Å². The van der Waals surface area contributed by atoms with Gasteiger partial charge in [0.25, 0.3) is 0 Å². The summed E-state index contributed by atoms with van der Waals surface area (Å²) in [6.07, 6.45) is 3.66. The van der Waals surface area contributed by atoms with Crippen LogP contribution in [0.4, 0.5) is 4.79 Å². The molecule has 5 nitrogen and oxygen atoms in total. The molecule has 1 saturated carbocycles. The van der Waals surface area contributed by atoms with Crippen molar-refractivity contribution in [1.82, 2.24) is 15.1 Å². The first-order valence-corrected chi connectivity index (χ1v) is 9.69. The van der Waals surface area contributed by atoms with Gasteiger partial charge in [0, 0.05) is 38.8 Å². The van der Waals surface area contributed by atoms with Crippen LogP contribution in [-0.2, 0) is 6.54 Å². The van der Waals surface area contributed by atoms with Crippen LogP contribution in [-0.4, -0.2) is 59.3 Å². The maximum Gasteiger partial charge on any atom is 0.317 e. The number of β-amino-alcohol motifs (C(OH)–C–C–N with tert-alkyl or cyclic N) is 1. The predicted molar refractivity (Wildman–Crippen MR) is 97.1 cm³/mol. The molecule has 3 aliphatic rings. The first kappa shape index (κ1) is 16.9. The maximum atomic E-state index is 12.6. The van der Waals surface area contributed by atoms with Gasteiger partial charge in [-0.05, 0) is 43.1 Å². The number of rotatable bonds is 3. The maximum absolute atomic E-state index is 12.6. The van der Waals surface area contributed by atoms with Gasteiger partial charge >= 0.3 is 6.03 Å². The lowest BCUT2D eigenvalue weighted by atomic mass is 9.98. The van der Waals surface area contributed by atoms with E-state index in [1.54, 1.807) is 4.90 Å². The van der Waals surface area contributed by atoms with Gasteiger partial charge in [0.15, 0.2) is 0 Å². The smallest absolute Gasteiger partial charge is 0.317 e. The summed E-state index contributed by atoms with van der Waals surface area (Å²) in [6.45, 7) is 4.48. The van der Waals surface area contributed by atoms with Crippen molar-refractivity contribution in [2.75, 3.05) is 26.2 Å². The second-order valence-corrected chi connectivity index (χ2v) is 7.98. The Bertz CT molecular complexity index is 594. The standard InChI is InChI=1S/C20H29N3O2/c24-17-7-4-10-23(13-17)20(25)21-19-9-8-16-12-22(14-18(16)19)11-15-5-2-1-3-6-15/h1-3,5-6,16-19,24H,4,7-14H2,(H,21,25)/t16-,17+,18-,19-/m1/s1. The second kappa shape index (κ2) is 7.34. The molecule has 2 aliphatic heterocycles. The molecule has 136 valence electrons. The van der Waals surface area contributed by atoms with Gasteiger partial charge in [0.05, 0.1) is 6.10 Å². The van der Waals surface area contributed by atoms with Crippen molar-refractivity contribution in [3.8, 4) is 0 Å². The summed E-state index contributed by atoms with van der Waals surface area (Å²) < 4.78 is 0. The second-order valence-electron chi connectivity index (χ2n) is 7.98. The molecular formula is C20H29N3O2. The lowest BCUT2D eigenvalue weighted by Crippen LogP contribution is -2.51. The molecule has 0 radical (unpaired) electrons. The number of nitrogens with zero attached hydrogens (tertiary/aromatic N) is 2. The van der Waals surface area contributed by atoms with Crippen LogP contribution in [0.25, 0.3) is 0 Å². The number of carbonyl (C=O) groups is 1. The molecule has 4 atom stereocenters. The molecule has 5 heteroatoms. The molecule has 2 heterocycles. The molecule has 0 aromatic heterocycles. The lowest BCUT2D eigenvalue weighted by molar-refractivity contribution is 0.0826. The van der Waals surface area contributed by atoms with E-state index < -0.39 is 0 Å². The van der Waals surface area contributed by atoms with E-state index in [0.717, 1.165) is 45.4 Å². The number of urea groups is 1. The van der Waals surface area contributed by atoms with Gasteiger partial charge in [-0.15, -0.1) is 0 Å². The highest BCUT2D eigenvalue weighted by Crippen LogP contribution is 2.38. The van der Waals surface area contributed by atoms with E-state index in [2.05, 4.69) is 40.5 Å². The Balaban J connectivity index is 1.31. The van der Waals surface area contributed by atoms with Gasteiger partial charge in [-0.1, -0.05) is 30.3 Å². The normalized spacial score (nSPS) is 32.6. The molecule has 3 fully saturated rings. The monoisotopic (exact) mass is 343 g/mol. The number of fused-ring (bicyclic) bond motifs is 1. The molecule has 2 N–H and O–H groups in total.